The van der Waals surface area contributed by atoms with Crippen LogP contribution in [0.5, 0.6) is 5.75 Å². The molecule has 1 fully saturated rings. The molecule has 1 amide bonds. The Morgan fingerprint density at radius 2 is 2.18 bits per heavy atom. The SMILES string of the molecule is CC(C)(C)OC(=O)N1CCCC1COc1cccc(CO)c1. The van der Waals surface area contributed by atoms with Gasteiger partial charge in [-0.25, -0.2) is 4.79 Å². The topological polar surface area (TPSA) is 59.0 Å². The van der Waals surface area contributed by atoms with E-state index >= 15 is 0 Å². The first kappa shape index (κ1) is 16.6. The first-order valence-electron chi connectivity index (χ1n) is 7.71. The third-order valence-electron chi connectivity index (χ3n) is 3.53. The molecule has 0 saturated carbocycles. The largest absolute Gasteiger partial charge is 0.491 e. The van der Waals surface area contributed by atoms with E-state index in [4.69, 9.17) is 14.6 Å². The Hall–Kier alpha value is -1.75. The van der Waals surface area contributed by atoms with E-state index in [1.807, 2.05) is 45.0 Å². The van der Waals surface area contributed by atoms with Crippen LogP contribution in [0, 0.1) is 0 Å². The van der Waals surface area contributed by atoms with Crippen molar-refractivity contribution in [3.63, 3.8) is 0 Å². The number of carbonyl (C=O) groups is 1. The fraction of sp³-hybridized carbons (Fsp3) is 0.588. The summed E-state index contributed by atoms with van der Waals surface area (Å²) in [6, 6.07) is 7.39. The van der Waals surface area contributed by atoms with Crippen LogP contribution in [0.25, 0.3) is 0 Å². The third kappa shape index (κ3) is 4.63. The van der Waals surface area contributed by atoms with Gasteiger partial charge >= 0.3 is 6.09 Å². The van der Waals surface area contributed by atoms with Crippen molar-refractivity contribution in [3.8, 4) is 5.75 Å². The number of likely N-dealkylation sites (tertiary alicyclic amines) is 1. The molecule has 122 valence electrons. The van der Waals surface area contributed by atoms with Crippen molar-refractivity contribution < 1.29 is 19.4 Å². The van der Waals surface area contributed by atoms with Crippen LogP contribution in [-0.2, 0) is 11.3 Å². The molecule has 2 rings (SSSR count). The van der Waals surface area contributed by atoms with E-state index in [1.165, 1.54) is 0 Å². The molecule has 1 unspecified atom stereocenters. The Morgan fingerprint density at radius 1 is 1.41 bits per heavy atom. The molecule has 0 spiro atoms. The maximum atomic E-state index is 12.2. The van der Waals surface area contributed by atoms with Crippen molar-refractivity contribution in [1.82, 2.24) is 4.90 Å². The third-order valence-corrected chi connectivity index (χ3v) is 3.53. The van der Waals surface area contributed by atoms with Crippen molar-refractivity contribution in [1.29, 1.82) is 0 Å². The van der Waals surface area contributed by atoms with Gasteiger partial charge < -0.3 is 19.5 Å². The quantitative estimate of drug-likeness (QED) is 0.929. The molecule has 0 radical (unpaired) electrons. The minimum absolute atomic E-state index is 0.00926. The van der Waals surface area contributed by atoms with Crippen LogP contribution < -0.4 is 4.74 Å². The number of benzene rings is 1. The Bertz CT molecular complexity index is 510. The highest BCUT2D eigenvalue weighted by molar-refractivity contribution is 5.69. The number of carbonyl (C=O) groups excluding carboxylic acids is 1. The fourth-order valence-electron chi connectivity index (χ4n) is 2.50. The van der Waals surface area contributed by atoms with Gasteiger partial charge in [-0.1, -0.05) is 12.1 Å². The summed E-state index contributed by atoms with van der Waals surface area (Å²) in [5.41, 5.74) is 0.327. The van der Waals surface area contributed by atoms with Crippen LogP contribution in [0.2, 0.25) is 0 Å². The van der Waals surface area contributed by atoms with Crippen LogP contribution in [0.3, 0.4) is 0 Å². The summed E-state index contributed by atoms with van der Waals surface area (Å²) in [7, 11) is 0. The second-order valence-corrected chi connectivity index (χ2v) is 6.59. The number of aliphatic hydroxyl groups excluding tert-OH is 1. The van der Waals surface area contributed by atoms with E-state index in [1.54, 1.807) is 4.90 Å². The molecule has 5 nitrogen and oxygen atoms in total. The standard InChI is InChI=1S/C17H25NO4/c1-17(2,3)22-16(20)18-9-5-7-14(18)12-21-15-8-4-6-13(10-15)11-19/h4,6,8,10,14,19H,5,7,9,11-12H2,1-3H3. The molecule has 5 heteroatoms. The lowest BCUT2D eigenvalue weighted by molar-refractivity contribution is 0.0187. The van der Waals surface area contributed by atoms with Gasteiger partial charge in [-0.15, -0.1) is 0 Å². The highest BCUT2D eigenvalue weighted by Crippen LogP contribution is 2.22. The van der Waals surface area contributed by atoms with Crippen LogP contribution in [0.15, 0.2) is 24.3 Å². The van der Waals surface area contributed by atoms with E-state index in [0.717, 1.165) is 18.4 Å². The zero-order valence-corrected chi connectivity index (χ0v) is 13.5. The molecule has 1 aromatic rings. The Morgan fingerprint density at radius 3 is 2.86 bits per heavy atom. The molecule has 1 aliphatic rings. The van der Waals surface area contributed by atoms with Gasteiger partial charge in [-0.2, -0.15) is 0 Å². The van der Waals surface area contributed by atoms with E-state index in [2.05, 4.69) is 0 Å². The highest BCUT2D eigenvalue weighted by atomic mass is 16.6. The number of rotatable bonds is 4. The minimum atomic E-state index is -0.486. The molecule has 0 aromatic heterocycles. The van der Waals surface area contributed by atoms with Gasteiger partial charge in [0.25, 0.3) is 0 Å². The second-order valence-electron chi connectivity index (χ2n) is 6.59. The number of hydrogen-bond acceptors (Lipinski definition) is 4. The number of ether oxygens (including phenoxy) is 2. The van der Waals surface area contributed by atoms with Crippen molar-refractivity contribution in [2.45, 2.75) is 51.9 Å². The highest BCUT2D eigenvalue weighted by Gasteiger charge is 2.32. The summed E-state index contributed by atoms with van der Waals surface area (Å²) in [5, 5.41) is 9.14. The van der Waals surface area contributed by atoms with Crippen LogP contribution in [-0.4, -0.2) is 40.9 Å². The number of hydrogen-bond donors (Lipinski definition) is 1. The van der Waals surface area contributed by atoms with E-state index in [9.17, 15) is 4.79 Å². The summed E-state index contributed by atoms with van der Waals surface area (Å²) >= 11 is 0. The van der Waals surface area contributed by atoms with Crippen molar-refractivity contribution in [3.05, 3.63) is 29.8 Å². The molecule has 1 heterocycles. The van der Waals surface area contributed by atoms with E-state index in [0.29, 0.717) is 18.9 Å². The number of aliphatic hydroxyl groups is 1. The summed E-state index contributed by atoms with van der Waals surface area (Å²) in [4.78, 5) is 13.9. The number of amides is 1. The predicted molar refractivity (Wildman–Crippen MR) is 83.8 cm³/mol. The average molecular weight is 307 g/mol. The van der Waals surface area contributed by atoms with Crippen LogP contribution in [0.4, 0.5) is 4.79 Å². The summed E-state index contributed by atoms with van der Waals surface area (Å²) < 4.78 is 11.2. The smallest absolute Gasteiger partial charge is 0.410 e. The molecule has 1 atom stereocenters. The van der Waals surface area contributed by atoms with Gasteiger partial charge in [0.05, 0.1) is 12.6 Å². The van der Waals surface area contributed by atoms with Gasteiger partial charge in [0, 0.05) is 6.54 Å². The van der Waals surface area contributed by atoms with Crippen molar-refractivity contribution >= 4 is 6.09 Å². The predicted octanol–water partition coefficient (Wildman–Crippen LogP) is 2.96. The Labute approximate surface area is 131 Å². The maximum Gasteiger partial charge on any atom is 0.410 e. The summed E-state index contributed by atoms with van der Waals surface area (Å²) in [6.45, 7) is 6.74. The van der Waals surface area contributed by atoms with Crippen molar-refractivity contribution in [2.75, 3.05) is 13.2 Å². The molecule has 0 bridgehead atoms. The summed E-state index contributed by atoms with van der Waals surface area (Å²) in [5.74, 6) is 0.711. The minimum Gasteiger partial charge on any atom is -0.491 e. The van der Waals surface area contributed by atoms with Crippen molar-refractivity contribution in [2.24, 2.45) is 0 Å². The molecular weight excluding hydrogens is 282 g/mol. The molecular formula is C17H25NO4. The fourth-order valence-corrected chi connectivity index (χ4v) is 2.50. The molecule has 0 aliphatic carbocycles. The average Bonchev–Trinajstić information content (AvgIpc) is 2.92. The lowest BCUT2D eigenvalue weighted by Gasteiger charge is -2.28. The van der Waals surface area contributed by atoms with Gasteiger partial charge in [0.15, 0.2) is 0 Å². The van der Waals surface area contributed by atoms with Gasteiger partial charge in [0.1, 0.15) is 18.0 Å². The first-order valence-corrected chi connectivity index (χ1v) is 7.71. The molecule has 22 heavy (non-hydrogen) atoms. The second kappa shape index (κ2) is 7.01. The number of nitrogens with zero attached hydrogens (tertiary/aromatic N) is 1. The lowest BCUT2D eigenvalue weighted by atomic mass is 10.2. The molecule has 1 aromatic carbocycles. The Balaban J connectivity index is 1.92. The van der Waals surface area contributed by atoms with Gasteiger partial charge in [0.2, 0.25) is 0 Å². The normalized spacial score (nSPS) is 18.4. The van der Waals surface area contributed by atoms with Crippen LogP contribution in [0.1, 0.15) is 39.2 Å². The zero-order valence-electron chi connectivity index (χ0n) is 13.5. The van der Waals surface area contributed by atoms with E-state index in [-0.39, 0.29) is 18.7 Å². The zero-order chi connectivity index (χ0) is 16.2. The Kier molecular flexibility index (Phi) is 5.29. The summed E-state index contributed by atoms with van der Waals surface area (Å²) in [6.07, 6.45) is 1.60. The van der Waals surface area contributed by atoms with E-state index < -0.39 is 5.60 Å². The molecule has 1 aliphatic heterocycles. The molecule has 1 saturated heterocycles. The van der Waals surface area contributed by atoms with Crippen LogP contribution >= 0.6 is 0 Å². The van der Waals surface area contributed by atoms with Gasteiger partial charge in [-0.3, -0.25) is 0 Å². The monoisotopic (exact) mass is 307 g/mol. The lowest BCUT2D eigenvalue weighted by Crippen LogP contribution is -2.42. The molecule has 1 N–H and O–H groups in total. The van der Waals surface area contributed by atoms with Gasteiger partial charge in [-0.05, 0) is 51.3 Å². The first-order chi connectivity index (χ1) is 10.4. The maximum absolute atomic E-state index is 12.2.